The lowest BCUT2D eigenvalue weighted by Gasteiger charge is -2.03. The lowest BCUT2D eigenvalue weighted by Crippen LogP contribution is -2.12. The van der Waals surface area contributed by atoms with Crippen LogP contribution in [0.3, 0.4) is 0 Å². The number of unbranched alkanes of at least 4 members (excludes halogenated alkanes) is 2. The van der Waals surface area contributed by atoms with Crippen molar-refractivity contribution in [1.82, 2.24) is 0 Å². The second kappa shape index (κ2) is 7.69. The van der Waals surface area contributed by atoms with Gasteiger partial charge in [-0.2, -0.15) is 8.42 Å². The van der Waals surface area contributed by atoms with Gasteiger partial charge in [0, 0.05) is 5.75 Å². The van der Waals surface area contributed by atoms with E-state index in [0.717, 1.165) is 0 Å². The molecule has 100 valence electrons. The summed E-state index contributed by atoms with van der Waals surface area (Å²) >= 11 is 0. The van der Waals surface area contributed by atoms with E-state index in [1.807, 2.05) is 0 Å². The largest absolute Gasteiger partial charge is 0.268 e. The van der Waals surface area contributed by atoms with Crippen molar-refractivity contribution in [3.05, 3.63) is 0 Å². The summed E-state index contributed by atoms with van der Waals surface area (Å²) in [5.74, 6) is 2.18. The molecule has 0 fully saturated rings. The Bertz CT molecular complexity index is 442. The Labute approximate surface area is 104 Å². The Morgan fingerprint density at radius 3 is 2.18 bits per heavy atom. The van der Waals surface area contributed by atoms with Gasteiger partial charge in [0.1, 0.15) is 16.4 Å². The molecule has 0 saturated heterocycles. The van der Waals surface area contributed by atoms with Crippen molar-refractivity contribution in [2.24, 2.45) is 0 Å². The molecule has 0 aromatic rings. The molecule has 0 atom stereocenters. The molecular weight excluding hydrogens is 264 g/mol. The van der Waals surface area contributed by atoms with Crippen LogP contribution in [-0.2, 0) is 24.1 Å². The molecule has 0 aliphatic rings. The maximum absolute atomic E-state index is 11.2. The Balaban J connectivity index is 3.76. The van der Waals surface area contributed by atoms with Gasteiger partial charge < -0.3 is 0 Å². The lowest BCUT2D eigenvalue weighted by atomic mass is 10.3. The molecule has 0 heterocycles. The van der Waals surface area contributed by atoms with Crippen molar-refractivity contribution < 1.29 is 21.0 Å². The quantitative estimate of drug-likeness (QED) is 0.351. The molecule has 0 N–H and O–H groups in total. The third-order valence-corrected chi connectivity index (χ3v) is 5.17. The standard InChI is InChI=1S/C10H18O5S2/c1-3-8-15-17(13,14)10-7-5-6-9-16(11,12)4-2/h1H,4-10H2,2H3. The van der Waals surface area contributed by atoms with Crippen LogP contribution in [0.4, 0.5) is 0 Å². The molecule has 5 nitrogen and oxygen atoms in total. The Morgan fingerprint density at radius 2 is 1.65 bits per heavy atom. The first kappa shape index (κ1) is 16.4. The molecule has 0 radical (unpaired) electrons. The highest BCUT2D eigenvalue weighted by molar-refractivity contribution is 7.91. The van der Waals surface area contributed by atoms with Crippen molar-refractivity contribution >= 4 is 20.0 Å². The van der Waals surface area contributed by atoms with Crippen LogP contribution in [0.5, 0.6) is 0 Å². The SMILES string of the molecule is C#CCOS(=O)(=O)CCCCCS(=O)(=O)CC. The van der Waals surface area contributed by atoms with Crippen LogP contribution in [0.1, 0.15) is 26.2 Å². The molecule has 7 heteroatoms. The van der Waals surface area contributed by atoms with Crippen molar-refractivity contribution in [3.63, 3.8) is 0 Å². The van der Waals surface area contributed by atoms with Crippen LogP contribution >= 0.6 is 0 Å². The molecule has 0 aromatic carbocycles. The molecule has 17 heavy (non-hydrogen) atoms. The fourth-order valence-electron chi connectivity index (χ4n) is 1.10. The van der Waals surface area contributed by atoms with Crippen molar-refractivity contribution in [1.29, 1.82) is 0 Å². The monoisotopic (exact) mass is 282 g/mol. The molecular formula is C10H18O5S2. The Hall–Kier alpha value is -0.580. The molecule has 0 unspecified atom stereocenters. The summed E-state index contributed by atoms with van der Waals surface area (Å²) in [6.45, 7) is 1.33. The zero-order valence-corrected chi connectivity index (χ0v) is 11.5. The fraction of sp³-hybridized carbons (Fsp3) is 0.800. The minimum atomic E-state index is -3.56. The zero-order chi connectivity index (χ0) is 13.4. The van der Waals surface area contributed by atoms with E-state index >= 15 is 0 Å². The van der Waals surface area contributed by atoms with Crippen LogP contribution in [0.2, 0.25) is 0 Å². The van der Waals surface area contributed by atoms with Gasteiger partial charge in [-0.1, -0.05) is 19.3 Å². The molecule has 0 saturated carbocycles. The average molecular weight is 282 g/mol. The van der Waals surface area contributed by atoms with Gasteiger partial charge in [-0.05, 0) is 12.8 Å². The van der Waals surface area contributed by atoms with Gasteiger partial charge in [0.05, 0.1) is 11.5 Å². The summed E-state index contributed by atoms with van der Waals surface area (Å²) in [5.41, 5.74) is 0. The highest BCUT2D eigenvalue weighted by atomic mass is 32.2. The van der Waals surface area contributed by atoms with Crippen LogP contribution in [0.25, 0.3) is 0 Å². The minimum Gasteiger partial charge on any atom is -0.257 e. The predicted molar refractivity (Wildman–Crippen MR) is 66.8 cm³/mol. The van der Waals surface area contributed by atoms with Crippen LogP contribution in [-0.4, -0.2) is 40.7 Å². The lowest BCUT2D eigenvalue weighted by molar-refractivity contribution is 0.362. The summed E-state index contributed by atoms with van der Waals surface area (Å²) in [6.07, 6.45) is 6.26. The van der Waals surface area contributed by atoms with E-state index in [0.29, 0.717) is 19.3 Å². The summed E-state index contributed by atoms with van der Waals surface area (Å²) in [7, 11) is -6.51. The molecule has 0 spiro atoms. The number of hydrogen-bond acceptors (Lipinski definition) is 5. The second-order valence-corrected chi connectivity index (χ2v) is 7.76. The highest BCUT2D eigenvalue weighted by Gasteiger charge is 2.11. The van der Waals surface area contributed by atoms with Gasteiger partial charge in [-0.15, -0.1) is 6.42 Å². The first-order valence-electron chi connectivity index (χ1n) is 5.34. The zero-order valence-electron chi connectivity index (χ0n) is 9.88. The minimum absolute atomic E-state index is 0.106. The Kier molecular flexibility index (Phi) is 7.43. The average Bonchev–Trinajstić information content (AvgIpc) is 2.26. The van der Waals surface area contributed by atoms with Crippen LogP contribution < -0.4 is 0 Å². The third-order valence-electron chi connectivity index (χ3n) is 2.11. The maximum Gasteiger partial charge on any atom is 0.268 e. The van der Waals surface area contributed by atoms with Crippen LogP contribution in [0.15, 0.2) is 0 Å². The van der Waals surface area contributed by atoms with Gasteiger partial charge in [-0.3, -0.25) is 4.18 Å². The fourth-order valence-corrected chi connectivity index (χ4v) is 2.96. The summed E-state index contributed by atoms with van der Waals surface area (Å²) in [5, 5.41) is 0. The molecule has 0 bridgehead atoms. The van der Waals surface area contributed by atoms with E-state index in [9.17, 15) is 16.8 Å². The molecule has 0 aliphatic heterocycles. The molecule has 0 amide bonds. The van der Waals surface area contributed by atoms with Crippen molar-refractivity contribution in [3.8, 4) is 12.3 Å². The van der Waals surface area contributed by atoms with E-state index in [4.69, 9.17) is 6.42 Å². The van der Waals surface area contributed by atoms with Gasteiger partial charge in [-0.25, -0.2) is 8.42 Å². The van der Waals surface area contributed by atoms with E-state index in [1.54, 1.807) is 6.92 Å². The van der Waals surface area contributed by atoms with Crippen molar-refractivity contribution in [2.75, 3.05) is 23.9 Å². The van der Waals surface area contributed by atoms with E-state index < -0.39 is 20.0 Å². The number of rotatable bonds is 9. The van der Waals surface area contributed by atoms with Crippen LogP contribution in [0, 0.1) is 12.3 Å². The third kappa shape index (κ3) is 9.15. The normalized spacial score (nSPS) is 12.2. The smallest absolute Gasteiger partial charge is 0.257 e. The highest BCUT2D eigenvalue weighted by Crippen LogP contribution is 2.04. The van der Waals surface area contributed by atoms with Crippen molar-refractivity contribution in [2.45, 2.75) is 26.2 Å². The topological polar surface area (TPSA) is 77.5 Å². The summed E-state index contributed by atoms with van der Waals surface area (Å²) in [6, 6.07) is 0. The van der Waals surface area contributed by atoms with Gasteiger partial charge >= 0.3 is 0 Å². The Morgan fingerprint density at radius 1 is 1.06 bits per heavy atom. The molecule has 0 aromatic heterocycles. The number of terminal acetylenes is 1. The maximum atomic E-state index is 11.2. The molecule has 0 aliphatic carbocycles. The number of hydrogen-bond donors (Lipinski definition) is 0. The van der Waals surface area contributed by atoms with Gasteiger partial charge in [0.15, 0.2) is 0 Å². The summed E-state index contributed by atoms with van der Waals surface area (Å²) in [4.78, 5) is 0. The van der Waals surface area contributed by atoms with E-state index in [1.165, 1.54) is 0 Å². The van der Waals surface area contributed by atoms with Gasteiger partial charge in [0.2, 0.25) is 0 Å². The second-order valence-electron chi connectivity index (χ2n) is 3.53. The molecule has 0 rings (SSSR count). The number of sulfone groups is 1. The van der Waals surface area contributed by atoms with E-state index in [2.05, 4.69) is 10.1 Å². The van der Waals surface area contributed by atoms with Gasteiger partial charge in [0.25, 0.3) is 10.1 Å². The predicted octanol–water partition coefficient (Wildman–Crippen LogP) is 0.571. The first-order valence-corrected chi connectivity index (χ1v) is 8.74. The summed E-state index contributed by atoms with van der Waals surface area (Å²) < 4.78 is 49.1. The first-order chi connectivity index (χ1) is 7.83. The van der Waals surface area contributed by atoms with E-state index in [-0.39, 0.29) is 23.9 Å².